The summed E-state index contributed by atoms with van der Waals surface area (Å²) in [5.41, 5.74) is -3.10. The molecule has 10 atom stereocenters. The van der Waals surface area contributed by atoms with Crippen molar-refractivity contribution in [2.24, 2.45) is 52.3 Å². The van der Waals surface area contributed by atoms with Crippen LogP contribution in [0.1, 0.15) is 138 Å². The minimum atomic E-state index is -1.87. The molecule has 234 valence electrons. The van der Waals surface area contributed by atoms with Crippen molar-refractivity contribution in [2.75, 3.05) is 0 Å². The molecule has 0 aromatic rings. The van der Waals surface area contributed by atoms with Gasteiger partial charge in [0.25, 0.3) is 0 Å². The van der Waals surface area contributed by atoms with Gasteiger partial charge < -0.3 is 19.7 Å². The minimum Gasteiger partial charge on any atom is -0.479 e. The van der Waals surface area contributed by atoms with Gasteiger partial charge in [-0.1, -0.05) is 67.7 Å². The Kier molecular flexibility index (Phi) is 8.23. The Balaban J connectivity index is 1.34. The van der Waals surface area contributed by atoms with E-state index in [1.807, 2.05) is 0 Å². The molecule has 5 aliphatic rings. The zero-order valence-corrected chi connectivity index (χ0v) is 27.0. The molecule has 4 aliphatic carbocycles. The summed E-state index contributed by atoms with van der Waals surface area (Å²) >= 11 is 0. The molecule has 5 fully saturated rings. The van der Waals surface area contributed by atoms with Crippen LogP contribution in [0.3, 0.4) is 0 Å². The molecular weight excluding hydrogens is 516 g/mol. The van der Waals surface area contributed by atoms with Crippen molar-refractivity contribution in [2.45, 2.75) is 155 Å². The van der Waals surface area contributed by atoms with Crippen molar-refractivity contribution in [3.05, 3.63) is 0 Å². The maximum atomic E-state index is 12.6. The predicted molar refractivity (Wildman–Crippen MR) is 159 cm³/mol. The number of rotatable bonds is 9. The third kappa shape index (κ3) is 4.54. The Morgan fingerprint density at radius 3 is 1.95 bits per heavy atom. The monoisotopic (exact) mass is 574 g/mol. The summed E-state index contributed by atoms with van der Waals surface area (Å²) in [7, 11) is 0. The molecule has 41 heavy (non-hydrogen) atoms. The van der Waals surface area contributed by atoms with E-state index in [2.05, 4.69) is 34.6 Å². The van der Waals surface area contributed by atoms with Gasteiger partial charge in [-0.3, -0.25) is 0 Å². The second-order valence-electron chi connectivity index (χ2n) is 16.0. The van der Waals surface area contributed by atoms with Gasteiger partial charge in [-0.2, -0.15) is 0 Å². The first-order valence-electron chi connectivity index (χ1n) is 17.1. The topological polar surface area (TPSA) is 93.1 Å². The fraction of sp³-hybridized carbons (Fsp3) is 0.943. The van der Waals surface area contributed by atoms with Gasteiger partial charge >= 0.3 is 11.9 Å². The number of aliphatic carboxylic acids is 2. The van der Waals surface area contributed by atoms with E-state index in [4.69, 9.17) is 9.47 Å². The van der Waals surface area contributed by atoms with Gasteiger partial charge in [-0.15, -0.1) is 0 Å². The molecule has 0 amide bonds. The highest BCUT2D eigenvalue weighted by Gasteiger charge is 2.74. The first-order valence-corrected chi connectivity index (χ1v) is 17.1. The molecule has 2 N–H and O–H groups in total. The molecule has 1 heterocycles. The van der Waals surface area contributed by atoms with Gasteiger partial charge in [0.2, 0.25) is 11.2 Å². The lowest BCUT2D eigenvalue weighted by atomic mass is 9.44. The molecule has 1 spiro atoms. The second kappa shape index (κ2) is 10.8. The zero-order valence-electron chi connectivity index (χ0n) is 27.0. The average molecular weight is 575 g/mol. The first-order chi connectivity index (χ1) is 19.2. The lowest BCUT2D eigenvalue weighted by Gasteiger charge is -2.62. The smallest absolute Gasteiger partial charge is 0.339 e. The fourth-order valence-electron chi connectivity index (χ4n) is 11.7. The molecule has 6 heteroatoms. The van der Waals surface area contributed by atoms with Crippen molar-refractivity contribution in [1.29, 1.82) is 0 Å². The summed E-state index contributed by atoms with van der Waals surface area (Å²) in [5, 5.41) is 20.6. The number of fused-ring (bicyclic) bond motifs is 5. The Labute approximate surface area is 248 Å². The molecule has 6 nitrogen and oxygen atoms in total. The molecule has 1 saturated heterocycles. The van der Waals surface area contributed by atoms with E-state index in [-0.39, 0.29) is 18.3 Å². The maximum Gasteiger partial charge on any atom is 0.339 e. The molecular formula is C35H58O6. The molecule has 4 saturated carbocycles. The Hall–Kier alpha value is -1.14. The van der Waals surface area contributed by atoms with Crippen molar-refractivity contribution in [3.8, 4) is 0 Å². The molecule has 0 bridgehead atoms. The van der Waals surface area contributed by atoms with E-state index < -0.39 is 28.9 Å². The molecule has 0 radical (unpaired) electrons. The summed E-state index contributed by atoms with van der Waals surface area (Å²) < 4.78 is 12.9. The standard InChI is InChI=1S/C35H58O6/c1-8-34(29(36)37)35(9-2,30(38)39)41-33(40-34)20-19-31(6)24(21-33)13-14-25-27-16-15-26(23(5)12-10-11-22(3)4)32(27,7)18-17-28(25)31/h22-28H,8-21H2,1-7H3,(H,36,37)(H,38,39)/t23-,24?,25?,26-,27?,28?,31+,32-,34+,35+/m1/s1. The SMILES string of the molecule is CC[C@@]1(C(=O)O)OC2(CC[C@@]3(C)C(CCC4C3CC[C@@]3(C)C4CC[C@@H]3[C@H](C)CCCC(C)C)C2)O[C@@]1(CC)C(=O)O. The predicted octanol–water partition coefficient (Wildman–Crippen LogP) is 8.32. The van der Waals surface area contributed by atoms with Crippen LogP contribution in [0.25, 0.3) is 0 Å². The van der Waals surface area contributed by atoms with Crippen LogP contribution in [0.15, 0.2) is 0 Å². The van der Waals surface area contributed by atoms with Gasteiger partial charge in [0.15, 0.2) is 5.79 Å². The number of hydrogen-bond acceptors (Lipinski definition) is 4. The van der Waals surface area contributed by atoms with E-state index >= 15 is 0 Å². The van der Waals surface area contributed by atoms with Crippen LogP contribution in [-0.4, -0.2) is 39.1 Å². The largest absolute Gasteiger partial charge is 0.479 e. The Bertz CT molecular complexity index is 979. The average Bonchev–Trinajstić information content (AvgIpc) is 3.42. The summed E-state index contributed by atoms with van der Waals surface area (Å²) in [6, 6.07) is 0. The van der Waals surface area contributed by atoms with E-state index in [0.717, 1.165) is 42.4 Å². The number of ether oxygens (including phenoxy) is 2. The van der Waals surface area contributed by atoms with Crippen LogP contribution in [-0.2, 0) is 19.1 Å². The highest BCUT2D eigenvalue weighted by molar-refractivity contribution is 5.92. The van der Waals surface area contributed by atoms with Crippen LogP contribution < -0.4 is 0 Å². The van der Waals surface area contributed by atoms with Crippen LogP contribution in [0, 0.1) is 52.3 Å². The molecule has 4 unspecified atom stereocenters. The van der Waals surface area contributed by atoms with Gasteiger partial charge in [0.05, 0.1) is 0 Å². The molecule has 0 aromatic carbocycles. The quantitative estimate of drug-likeness (QED) is 0.288. The second-order valence-corrected chi connectivity index (χ2v) is 16.0. The third-order valence-electron chi connectivity index (χ3n) is 13.9. The number of carboxylic acids is 2. The maximum absolute atomic E-state index is 12.6. The van der Waals surface area contributed by atoms with Crippen molar-refractivity contribution >= 4 is 11.9 Å². The normalized spacial score (nSPS) is 45.7. The van der Waals surface area contributed by atoms with Crippen LogP contribution in [0.4, 0.5) is 0 Å². The van der Waals surface area contributed by atoms with Gasteiger partial charge in [0, 0.05) is 12.8 Å². The van der Waals surface area contributed by atoms with Crippen molar-refractivity contribution in [3.63, 3.8) is 0 Å². The Morgan fingerprint density at radius 2 is 1.39 bits per heavy atom. The summed E-state index contributed by atoms with van der Waals surface area (Å²) in [4.78, 5) is 25.2. The lowest BCUT2D eigenvalue weighted by molar-refractivity contribution is -0.255. The van der Waals surface area contributed by atoms with E-state index in [9.17, 15) is 19.8 Å². The van der Waals surface area contributed by atoms with Crippen LogP contribution in [0.5, 0.6) is 0 Å². The zero-order chi connectivity index (χ0) is 30.0. The minimum absolute atomic E-state index is 0.0637. The summed E-state index contributed by atoms with van der Waals surface area (Å²) in [5.74, 6) is 1.48. The number of carboxylic acid groups (broad SMARTS) is 2. The summed E-state index contributed by atoms with van der Waals surface area (Å²) in [6.07, 6.45) is 14.0. The number of carbonyl (C=O) groups is 2. The fourth-order valence-corrected chi connectivity index (χ4v) is 11.7. The third-order valence-corrected chi connectivity index (χ3v) is 13.9. The van der Waals surface area contributed by atoms with Crippen molar-refractivity contribution in [1.82, 2.24) is 0 Å². The van der Waals surface area contributed by atoms with Gasteiger partial charge in [-0.25, -0.2) is 9.59 Å². The highest BCUT2D eigenvalue weighted by atomic mass is 16.8. The van der Waals surface area contributed by atoms with E-state index in [1.54, 1.807) is 13.8 Å². The summed E-state index contributed by atoms with van der Waals surface area (Å²) in [6.45, 7) is 15.8. The van der Waals surface area contributed by atoms with E-state index in [1.165, 1.54) is 51.4 Å². The van der Waals surface area contributed by atoms with Gasteiger partial charge in [0.1, 0.15) is 0 Å². The van der Waals surface area contributed by atoms with Gasteiger partial charge in [-0.05, 0) is 110 Å². The Morgan fingerprint density at radius 1 is 0.780 bits per heavy atom. The van der Waals surface area contributed by atoms with Crippen molar-refractivity contribution < 1.29 is 29.3 Å². The first kappa shape index (κ1) is 31.3. The molecule has 1 aliphatic heterocycles. The number of hydrogen-bond donors (Lipinski definition) is 2. The molecule has 0 aromatic heterocycles. The van der Waals surface area contributed by atoms with Crippen LogP contribution in [0.2, 0.25) is 0 Å². The highest BCUT2D eigenvalue weighted by Crippen LogP contribution is 2.70. The van der Waals surface area contributed by atoms with Crippen LogP contribution >= 0.6 is 0 Å². The lowest BCUT2D eigenvalue weighted by Crippen LogP contribution is -2.61. The van der Waals surface area contributed by atoms with E-state index in [0.29, 0.717) is 30.1 Å². The molecule has 5 rings (SSSR count).